The monoisotopic (exact) mass is 349 g/mol. The topological polar surface area (TPSA) is 68.5 Å². The maximum absolute atomic E-state index is 12.5. The van der Waals surface area contributed by atoms with Crippen LogP contribution in [0.25, 0.3) is 0 Å². The molecule has 6 nitrogen and oxygen atoms in total. The maximum Gasteiger partial charge on any atom is 0.253 e. The second-order valence-electron chi connectivity index (χ2n) is 5.74. The number of amides is 1. The van der Waals surface area contributed by atoms with Crippen molar-refractivity contribution >= 4 is 17.5 Å². The summed E-state index contributed by atoms with van der Waals surface area (Å²) in [4.78, 5) is 14.3. The Morgan fingerprint density at radius 2 is 2.00 bits per heavy atom. The molecule has 0 unspecified atom stereocenters. The van der Waals surface area contributed by atoms with Crippen molar-refractivity contribution in [2.24, 2.45) is 0 Å². The van der Waals surface area contributed by atoms with E-state index in [0.717, 1.165) is 12.8 Å². The summed E-state index contributed by atoms with van der Waals surface area (Å²) in [6, 6.07) is 6.99. The number of carbonyl (C=O) groups is 1. The number of piperidine rings is 1. The molecule has 2 aromatic rings. The van der Waals surface area contributed by atoms with Crippen LogP contribution < -0.4 is 0 Å². The third kappa shape index (κ3) is 3.94. The minimum absolute atomic E-state index is 0.0349. The fraction of sp³-hybridized carbons (Fsp3) is 0.471. The molecule has 1 aromatic heterocycles. The summed E-state index contributed by atoms with van der Waals surface area (Å²) in [6.45, 7) is 4.23. The summed E-state index contributed by atoms with van der Waals surface area (Å²) in [6.07, 6.45) is 1.63. The lowest BCUT2D eigenvalue weighted by Gasteiger charge is -2.30. The largest absolute Gasteiger partial charge is 0.422 e. The van der Waals surface area contributed by atoms with Crippen LogP contribution in [0.5, 0.6) is 0 Å². The molecule has 0 atom stereocenters. The first-order valence-corrected chi connectivity index (χ1v) is 8.50. The Bertz CT molecular complexity index is 679. The zero-order chi connectivity index (χ0) is 16.9. The van der Waals surface area contributed by atoms with Crippen LogP contribution in [0.15, 0.2) is 28.7 Å². The number of ether oxygens (including phenoxy) is 1. The molecular formula is C17H20ClN3O3. The van der Waals surface area contributed by atoms with E-state index in [4.69, 9.17) is 20.8 Å². The van der Waals surface area contributed by atoms with Crippen LogP contribution in [0.3, 0.4) is 0 Å². The van der Waals surface area contributed by atoms with Gasteiger partial charge in [-0.1, -0.05) is 11.6 Å². The van der Waals surface area contributed by atoms with Crippen LogP contribution in [0.2, 0.25) is 5.02 Å². The van der Waals surface area contributed by atoms with Gasteiger partial charge in [-0.05, 0) is 44.0 Å². The molecular weight excluding hydrogens is 330 g/mol. The standard InChI is InChI=1S/C17H20ClN3O3/c1-2-23-11-15-19-20-16(24-15)12-7-9-21(10-8-12)17(22)13-3-5-14(18)6-4-13/h3-6,12H,2,7-11H2,1H3. The lowest BCUT2D eigenvalue weighted by molar-refractivity contribution is 0.0704. The van der Waals surface area contributed by atoms with Crippen LogP contribution in [0, 0.1) is 0 Å². The van der Waals surface area contributed by atoms with E-state index in [2.05, 4.69) is 10.2 Å². The van der Waals surface area contributed by atoms with Gasteiger partial charge in [0.25, 0.3) is 5.91 Å². The molecule has 24 heavy (non-hydrogen) atoms. The molecule has 128 valence electrons. The first kappa shape index (κ1) is 16.9. The van der Waals surface area contributed by atoms with Gasteiger partial charge in [0.1, 0.15) is 6.61 Å². The van der Waals surface area contributed by atoms with E-state index in [1.165, 1.54) is 0 Å². The van der Waals surface area contributed by atoms with Crippen molar-refractivity contribution in [3.8, 4) is 0 Å². The summed E-state index contributed by atoms with van der Waals surface area (Å²) in [5.74, 6) is 1.38. The fourth-order valence-electron chi connectivity index (χ4n) is 2.78. The minimum Gasteiger partial charge on any atom is -0.422 e. The van der Waals surface area contributed by atoms with E-state index in [-0.39, 0.29) is 11.8 Å². The van der Waals surface area contributed by atoms with Gasteiger partial charge in [-0.15, -0.1) is 10.2 Å². The lowest BCUT2D eigenvalue weighted by Crippen LogP contribution is -2.38. The van der Waals surface area contributed by atoms with Crippen LogP contribution in [0.1, 0.15) is 47.8 Å². The average Bonchev–Trinajstić information content (AvgIpc) is 3.09. The van der Waals surface area contributed by atoms with Gasteiger partial charge in [-0.3, -0.25) is 4.79 Å². The Hall–Kier alpha value is -1.92. The number of benzene rings is 1. The Morgan fingerprint density at radius 1 is 1.29 bits per heavy atom. The Kier molecular flexibility index (Phi) is 5.48. The summed E-state index contributed by atoms with van der Waals surface area (Å²) in [7, 11) is 0. The smallest absolute Gasteiger partial charge is 0.253 e. The molecule has 7 heteroatoms. The van der Waals surface area contributed by atoms with Gasteiger partial charge >= 0.3 is 0 Å². The normalized spacial score (nSPS) is 15.7. The van der Waals surface area contributed by atoms with Gasteiger partial charge in [-0.25, -0.2) is 0 Å². The molecule has 0 bridgehead atoms. The molecule has 1 saturated heterocycles. The molecule has 3 rings (SSSR count). The highest BCUT2D eigenvalue weighted by atomic mass is 35.5. The summed E-state index contributed by atoms with van der Waals surface area (Å²) in [5.41, 5.74) is 0.662. The van der Waals surface area contributed by atoms with Gasteiger partial charge in [-0.2, -0.15) is 0 Å². The molecule has 1 aromatic carbocycles. The van der Waals surface area contributed by atoms with E-state index in [1.54, 1.807) is 24.3 Å². The number of aromatic nitrogens is 2. The number of hydrogen-bond donors (Lipinski definition) is 0. The van der Waals surface area contributed by atoms with E-state index >= 15 is 0 Å². The second kappa shape index (κ2) is 7.77. The molecule has 1 aliphatic rings. The SMILES string of the molecule is CCOCc1nnc(C2CCN(C(=O)c3ccc(Cl)cc3)CC2)o1. The van der Waals surface area contributed by atoms with Gasteiger partial charge < -0.3 is 14.1 Å². The van der Waals surface area contributed by atoms with Crippen molar-refractivity contribution < 1.29 is 13.9 Å². The molecule has 1 amide bonds. The zero-order valence-electron chi connectivity index (χ0n) is 13.6. The van der Waals surface area contributed by atoms with Crippen LogP contribution in [0.4, 0.5) is 0 Å². The van der Waals surface area contributed by atoms with Crippen molar-refractivity contribution in [2.45, 2.75) is 32.3 Å². The molecule has 1 aliphatic heterocycles. The second-order valence-corrected chi connectivity index (χ2v) is 6.18. The molecule has 0 radical (unpaired) electrons. The van der Waals surface area contributed by atoms with Gasteiger partial charge in [0.05, 0.1) is 0 Å². The van der Waals surface area contributed by atoms with E-state index in [9.17, 15) is 4.79 Å². The van der Waals surface area contributed by atoms with E-state index < -0.39 is 0 Å². The Balaban J connectivity index is 1.56. The number of carbonyl (C=O) groups excluding carboxylic acids is 1. The zero-order valence-corrected chi connectivity index (χ0v) is 14.3. The van der Waals surface area contributed by atoms with Gasteiger partial charge in [0.15, 0.2) is 0 Å². The summed E-state index contributed by atoms with van der Waals surface area (Å²) in [5, 5.41) is 8.75. The molecule has 0 N–H and O–H groups in total. The molecule has 2 heterocycles. The predicted molar refractivity (Wildman–Crippen MR) is 89.0 cm³/mol. The van der Waals surface area contributed by atoms with Crippen LogP contribution >= 0.6 is 11.6 Å². The van der Waals surface area contributed by atoms with Crippen molar-refractivity contribution in [3.05, 3.63) is 46.6 Å². The van der Waals surface area contributed by atoms with E-state index in [1.807, 2.05) is 11.8 Å². The highest BCUT2D eigenvalue weighted by Gasteiger charge is 2.27. The fourth-order valence-corrected chi connectivity index (χ4v) is 2.91. The third-order valence-electron chi connectivity index (χ3n) is 4.13. The average molecular weight is 350 g/mol. The first-order valence-electron chi connectivity index (χ1n) is 8.12. The Labute approximate surface area is 145 Å². The quantitative estimate of drug-likeness (QED) is 0.828. The lowest BCUT2D eigenvalue weighted by atomic mass is 9.96. The molecule has 0 spiro atoms. The van der Waals surface area contributed by atoms with E-state index in [0.29, 0.717) is 48.7 Å². The summed E-state index contributed by atoms with van der Waals surface area (Å²) >= 11 is 5.87. The number of halogens is 1. The minimum atomic E-state index is 0.0349. The summed E-state index contributed by atoms with van der Waals surface area (Å²) < 4.78 is 10.9. The maximum atomic E-state index is 12.5. The highest BCUT2D eigenvalue weighted by Crippen LogP contribution is 2.28. The molecule has 0 aliphatic carbocycles. The highest BCUT2D eigenvalue weighted by molar-refractivity contribution is 6.30. The number of nitrogens with zero attached hydrogens (tertiary/aromatic N) is 3. The Morgan fingerprint density at radius 3 is 2.67 bits per heavy atom. The third-order valence-corrected chi connectivity index (χ3v) is 4.39. The van der Waals surface area contributed by atoms with Crippen molar-refractivity contribution in [2.75, 3.05) is 19.7 Å². The van der Waals surface area contributed by atoms with Crippen LogP contribution in [-0.4, -0.2) is 40.7 Å². The van der Waals surface area contributed by atoms with Gasteiger partial charge in [0.2, 0.25) is 11.8 Å². The van der Waals surface area contributed by atoms with Gasteiger partial charge in [0, 0.05) is 36.2 Å². The molecule has 0 saturated carbocycles. The number of rotatable bonds is 5. The first-order chi connectivity index (χ1) is 11.7. The number of hydrogen-bond acceptors (Lipinski definition) is 5. The predicted octanol–water partition coefficient (Wildman–Crippen LogP) is 3.28. The number of likely N-dealkylation sites (tertiary alicyclic amines) is 1. The van der Waals surface area contributed by atoms with Crippen LogP contribution in [-0.2, 0) is 11.3 Å². The molecule has 1 fully saturated rings. The van der Waals surface area contributed by atoms with Crippen molar-refractivity contribution in [1.29, 1.82) is 0 Å². The van der Waals surface area contributed by atoms with Crippen molar-refractivity contribution in [3.63, 3.8) is 0 Å². The van der Waals surface area contributed by atoms with Crippen molar-refractivity contribution in [1.82, 2.24) is 15.1 Å².